The Hall–Kier alpha value is -1.14. The minimum atomic E-state index is -0.0183. The summed E-state index contributed by atoms with van der Waals surface area (Å²) in [5, 5.41) is 2.86. The van der Waals surface area contributed by atoms with Crippen LogP contribution in [0, 0.1) is 0 Å². The van der Waals surface area contributed by atoms with Gasteiger partial charge in [-0.15, -0.1) is 22.9 Å². The molecule has 1 saturated heterocycles. The van der Waals surface area contributed by atoms with Crippen LogP contribution in [0.25, 0.3) is 0 Å². The third-order valence-electron chi connectivity index (χ3n) is 2.81. The van der Waals surface area contributed by atoms with Gasteiger partial charge in [-0.2, -0.15) is 0 Å². The van der Waals surface area contributed by atoms with E-state index in [0.29, 0.717) is 18.8 Å². The van der Waals surface area contributed by atoms with Crippen LogP contribution in [0.15, 0.2) is 5.38 Å². The van der Waals surface area contributed by atoms with Gasteiger partial charge in [0.05, 0.1) is 29.7 Å². The van der Waals surface area contributed by atoms with Crippen molar-refractivity contribution in [3.05, 3.63) is 16.1 Å². The number of likely N-dealkylation sites (N-methyl/N-ethyl adjacent to an activating group) is 1. The van der Waals surface area contributed by atoms with E-state index in [1.165, 1.54) is 16.2 Å². The molecular weight excluding hydrogens is 274 g/mol. The van der Waals surface area contributed by atoms with Crippen LogP contribution >= 0.6 is 22.9 Å². The number of nitrogens with zero attached hydrogens (tertiary/aromatic N) is 3. The number of hydrogen-bond donors (Lipinski definition) is 0. The van der Waals surface area contributed by atoms with Crippen LogP contribution in [0.1, 0.15) is 10.7 Å². The predicted molar refractivity (Wildman–Crippen MR) is 69.6 cm³/mol. The van der Waals surface area contributed by atoms with Gasteiger partial charge in [-0.3, -0.25) is 9.59 Å². The van der Waals surface area contributed by atoms with Crippen molar-refractivity contribution >= 4 is 34.8 Å². The van der Waals surface area contributed by atoms with Crippen LogP contribution in [0.4, 0.5) is 0 Å². The van der Waals surface area contributed by atoms with E-state index in [1.807, 2.05) is 5.38 Å². The summed E-state index contributed by atoms with van der Waals surface area (Å²) in [7, 11) is 1.64. The van der Waals surface area contributed by atoms with Crippen molar-refractivity contribution in [2.24, 2.45) is 0 Å². The summed E-state index contributed by atoms with van der Waals surface area (Å²) < 4.78 is 0. The molecule has 0 spiro atoms. The van der Waals surface area contributed by atoms with Crippen molar-refractivity contribution in [1.82, 2.24) is 14.8 Å². The van der Waals surface area contributed by atoms with E-state index in [-0.39, 0.29) is 24.9 Å². The fraction of sp³-hybridized carbons (Fsp3) is 0.545. The Morgan fingerprint density at radius 1 is 1.39 bits per heavy atom. The van der Waals surface area contributed by atoms with Gasteiger partial charge in [0.15, 0.2) is 0 Å². The number of aromatic nitrogens is 1. The molecule has 0 radical (unpaired) electrons. The summed E-state index contributed by atoms with van der Waals surface area (Å²) in [4.78, 5) is 30.6. The van der Waals surface area contributed by atoms with E-state index < -0.39 is 0 Å². The van der Waals surface area contributed by atoms with Gasteiger partial charge < -0.3 is 9.80 Å². The maximum absolute atomic E-state index is 11.7. The van der Waals surface area contributed by atoms with Crippen LogP contribution in [-0.2, 0) is 21.9 Å². The molecular formula is C11H14ClN3O2S. The first-order valence-corrected chi connectivity index (χ1v) is 7.02. The van der Waals surface area contributed by atoms with Crippen molar-refractivity contribution in [2.45, 2.75) is 12.3 Å². The quantitative estimate of drug-likeness (QED) is 0.767. The number of hydrogen-bond acceptors (Lipinski definition) is 4. The number of piperazine rings is 1. The van der Waals surface area contributed by atoms with E-state index in [0.717, 1.165) is 10.7 Å². The Morgan fingerprint density at radius 3 is 2.83 bits per heavy atom. The zero-order valence-electron chi connectivity index (χ0n) is 10.1. The molecule has 0 aliphatic carbocycles. The molecule has 0 atom stereocenters. The maximum atomic E-state index is 11.7. The van der Waals surface area contributed by atoms with Gasteiger partial charge in [0.1, 0.15) is 0 Å². The monoisotopic (exact) mass is 287 g/mol. The summed E-state index contributed by atoms with van der Waals surface area (Å²) in [6, 6.07) is 0. The van der Waals surface area contributed by atoms with Gasteiger partial charge in [-0.1, -0.05) is 0 Å². The van der Waals surface area contributed by atoms with Crippen molar-refractivity contribution in [3.63, 3.8) is 0 Å². The third-order valence-corrected chi connectivity index (χ3v) is 4.04. The number of thiazole rings is 1. The zero-order chi connectivity index (χ0) is 13.1. The van der Waals surface area contributed by atoms with Crippen LogP contribution in [0.5, 0.6) is 0 Å². The highest BCUT2D eigenvalue weighted by atomic mass is 35.5. The van der Waals surface area contributed by atoms with Crippen LogP contribution in [0.2, 0.25) is 0 Å². The lowest BCUT2D eigenvalue weighted by molar-refractivity contribution is -0.148. The molecule has 1 fully saturated rings. The Morgan fingerprint density at radius 2 is 2.17 bits per heavy atom. The second kappa shape index (κ2) is 5.67. The molecule has 0 saturated carbocycles. The van der Waals surface area contributed by atoms with E-state index in [9.17, 15) is 9.59 Å². The summed E-state index contributed by atoms with van der Waals surface area (Å²) in [6.07, 6.45) is 0.671. The number of carbonyl (C=O) groups is 2. The summed E-state index contributed by atoms with van der Waals surface area (Å²) in [5.74, 6) is 0.379. The van der Waals surface area contributed by atoms with Gasteiger partial charge in [-0.25, -0.2) is 4.98 Å². The molecule has 7 heteroatoms. The summed E-state index contributed by atoms with van der Waals surface area (Å²) in [5.41, 5.74) is 0.859. The third kappa shape index (κ3) is 3.00. The van der Waals surface area contributed by atoms with Crippen molar-refractivity contribution < 1.29 is 9.59 Å². The number of carbonyl (C=O) groups excluding carboxylic acids is 2. The molecule has 1 aliphatic heterocycles. The second-order valence-corrected chi connectivity index (χ2v) is 5.39. The number of alkyl halides is 1. The molecule has 2 heterocycles. The molecule has 1 aromatic rings. The summed E-state index contributed by atoms with van der Waals surface area (Å²) >= 11 is 7.21. The average Bonchev–Trinajstić information content (AvgIpc) is 2.80. The van der Waals surface area contributed by atoms with Gasteiger partial charge in [0.25, 0.3) is 0 Å². The highest BCUT2D eigenvalue weighted by Gasteiger charge is 2.27. The predicted octanol–water partition coefficient (Wildman–Crippen LogP) is 0.725. The standard InChI is InChI=1S/C11H14ClN3O2S/c1-14-5-11(17)15(6-10(14)16)3-2-9-13-8(4-12)7-18-9/h7H,2-6H2,1H3. The highest BCUT2D eigenvalue weighted by molar-refractivity contribution is 7.09. The van der Waals surface area contributed by atoms with Crippen molar-refractivity contribution in [2.75, 3.05) is 26.7 Å². The van der Waals surface area contributed by atoms with Crippen LogP contribution < -0.4 is 0 Å². The van der Waals surface area contributed by atoms with E-state index in [2.05, 4.69) is 4.98 Å². The molecule has 0 bridgehead atoms. The van der Waals surface area contributed by atoms with E-state index in [4.69, 9.17) is 11.6 Å². The summed E-state index contributed by atoms with van der Waals surface area (Å²) in [6.45, 7) is 0.875. The Bertz CT molecular complexity index is 463. The number of amides is 2. The van der Waals surface area contributed by atoms with Gasteiger partial charge >= 0.3 is 0 Å². The van der Waals surface area contributed by atoms with Crippen LogP contribution in [0.3, 0.4) is 0 Å². The number of halogens is 1. The average molecular weight is 288 g/mol. The molecule has 1 aliphatic rings. The molecule has 5 nitrogen and oxygen atoms in total. The van der Waals surface area contributed by atoms with Crippen molar-refractivity contribution in [3.8, 4) is 0 Å². The molecule has 1 aromatic heterocycles. The zero-order valence-corrected chi connectivity index (χ0v) is 11.6. The van der Waals surface area contributed by atoms with E-state index >= 15 is 0 Å². The fourth-order valence-corrected chi connectivity index (χ4v) is 2.74. The Kier molecular flexibility index (Phi) is 4.19. The molecule has 2 amide bonds. The SMILES string of the molecule is CN1CC(=O)N(CCc2nc(CCl)cs2)CC1=O. The topological polar surface area (TPSA) is 53.5 Å². The second-order valence-electron chi connectivity index (χ2n) is 4.18. The molecule has 0 aromatic carbocycles. The molecule has 0 N–H and O–H groups in total. The lowest BCUT2D eigenvalue weighted by Gasteiger charge is -2.31. The smallest absolute Gasteiger partial charge is 0.242 e. The largest absolute Gasteiger partial charge is 0.335 e. The minimum absolute atomic E-state index is 0.00813. The van der Waals surface area contributed by atoms with Gasteiger partial charge in [0.2, 0.25) is 11.8 Å². The lowest BCUT2D eigenvalue weighted by atomic mass is 10.3. The highest BCUT2D eigenvalue weighted by Crippen LogP contribution is 2.13. The minimum Gasteiger partial charge on any atom is -0.335 e. The maximum Gasteiger partial charge on any atom is 0.242 e. The first kappa shape index (κ1) is 13.3. The number of rotatable bonds is 4. The normalized spacial score (nSPS) is 16.6. The Labute approximate surface area is 114 Å². The van der Waals surface area contributed by atoms with E-state index in [1.54, 1.807) is 11.9 Å². The van der Waals surface area contributed by atoms with Crippen molar-refractivity contribution in [1.29, 1.82) is 0 Å². The molecule has 0 unspecified atom stereocenters. The van der Waals surface area contributed by atoms with Crippen LogP contribution in [-0.4, -0.2) is 53.3 Å². The fourth-order valence-electron chi connectivity index (χ4n) is 1.72. The van der Waals surface area contributed by atoms with Gasteiger partial charge in [-0.05, 0) is 0 Å². The molecule has 2 rings (SSSR count). The van der Waals surface area contributed by atoms with Gasteiger partial charge in [0, 0.05) is 25.4 Å². The first-order valence-electron chi connectivity index (χ1n) is 5.61. The molecule has 98 valence electrons. The molecule has 18 heavy (non-hydrogen) atoms. The Balaban J connectivity index is 1.89. The lowest BCUT2D eigenvalue weighted by Crippen LogP contribution is -2.52. The first-order chi connectivity index (χ1) is 8.60.